The highest BCUT2D eigenvalue weighted by Gasteiger charge is 2.10. The van der Waals surface area contributed by atoms with Crippen LogP contribution in [-0.2, 0) is 11.3 Å². The van der Waals surface area contributed by atoms with E-state index >= 15 is 0 Å². The first-order valence-electron chi connectivity index (χ1n) is 8.31. The third-order valence-electron chi connectivity index (χ3n) is 4.05. The monoisotopic (exact) mass is 348 g/mol. The van der Waals surface area contributed by atoms with Crippen LogP contribution in [-0.4, -0.2) is 20.7 Å². The van der Waals surface area contributed by atoms with E-state index in [0.717, 1.165) is 32.6 Å². The second-order valence-electron chi connectivity index (χ2n) is 6.31. The molecule has 26 heavy (non-hydrogen) atoms. The molecule has 0 aliphatic rings. The molecule has 3 rings (SSSR count). The molecular formula is C20H20N4O2. The lowest BCUT2D eigenvalue weighted by molar-refractivity contribution is -0.117. The molecule has 0 aliphatic carbocycles. The van der Waals surface area contributed by atoms with E-state index in [4.69, 9.17) is 0 Å². The fourth-order valence-corrected chi connectivity index (χ4v) is 2.61. The van der Waals surface area contributed by atoms with Gasteiger partial charge in [-0.05, 0) is 32.4 Å². The Balaban J connectivity index is 1.74. The maximum absolute atomic E-state index is 12.2. The zero-order chi connectivity index (χ0) is 18.7. The van der Waals surface area contributed by atoms with Crippen LogP contribution in [0.5, 0.6) is 0 Å². The van der Waals surface area contributed by atoms with Gasteiger partial charge in [0, 0.05) is 11.3 Å². The number of carbonyl (C=O) groups is 1. The molecule has 0 spiro atoms. The van der Waals surface area contributed by atoms with Crippen molar-refractivity contribution in [2.24, 2.45) is 0 Å². The van der Waals surface area contributed by atoms with Gasteiger partial charge in [-0.25, -0.2) is 9.48 Å². The summed E-state index contributed by atoms with van der Waals surface area (Å²) in [5, 5.41) is 6.88. The summed E-state index contributed by atoms with van der Waals surface area (Å²) in [6, 6.07) is 13.4. The summed E-state index contributed by atoms with van der Waals surface area (Å²) in [6.45, 7) is 5.71. The van der Waals surface area contributed by atoms with Gasteiger partial charge in [-0.15, -0.1) is 0 Å². The van der Waals surface area contributed by atoms with Gasteiger partial charge in [0.05, 0.1) is 11.9 Å². The van der Waals surface area contributed by atoms with Gasteiger partial charge < -0.3 is 5.32 Å². The zero-order valence-corrected chi connectivity index (χ0v) is 15.0. The van der Waals surface area contributed by atoms with Crippen molar-refractivity contribution in [3.8, 4) is 11.3 Å². The molecule has 132 valence electrons. The molecule has 3 aromatic rings. The number of rotatable bonds is 4. The average Bonchev–Trinajstić information content (AvgIpc) is 2.60. The smallest absolute Gasteiger partial charge is 0.324 e. The molecule has 1 aromatic heterocycles. The highest BCUT2D eigenvalue weighted by atomic mass is 16.2. The Kier molecular flexibility index (Phi) is 4.93. The molecule has 0 saturated heterocycles. The minimum Gasteiger partial charge on any atom is -0.324 e. The number of nitrogens with zero attached hydrogens (tertiary/aromatic N) is 3. The number of nitrogens with one attached hydrogen (secondary N) is 1. The zero-order valence-electron chi connectivity index (χ0n) is 15.0. The maximum atomic E-state index is 12.2. The molecule has 0 radical (unpaired) electrons. The molecule has 1 N–H and O–H groups in total. The lowest BCUT2D eigenvalue weighted by Crippen LogP contribution is -2.31. The van der Waals surface area contributed by atoms with Gasteiger partial charge in [-0.2, -0.15) is 10.1 Å². The van der Waals surface area contributed by atoms with Crippen LogP contribution in [0.15, 0.2) is 53.5 Å². The normalized spacial score (nSPS) is 10.6. The van der Waals surface area contributed by atoms with E-state index in [2.05, 4.69) is 15.4 Å². The Morgan fingerprint density at radius 3 is 2.38 bits per heavy atom. The lowest BCUT2D eigenvalue weighted by Gasteiger charge is -2.10. The van der Waals surface area contributed by atoms with Gasteiger partial charge >= 0.3 is 5.69 Å². The molecule has 6 nitrogen and oxygen atoms in total. The summed E-state index contributed by atoms with van der Waals surface area (Å²) >= 11 is 0. The molecular weight excluding hydrogens is 328 g/mol. The van der Waals surface area contributed by atoms with Gasteiger partial charge in [0.25, 0.3) is 0 Å². The van der Waals surface area contributed by atoms with Crippen LogP contribution in [0.3, 0.4) is 0 Å². The van der Waals surface area contributed by atoms with Crippen LogP contribution in [0.25, 0.3) is 11.3 Å². The van der Waals surface area contributed by atoms with E-state index in [1.807, 2.05) is 63.2 Å². The quantitative estimate of drug-likeness (QED) is 0.786. The number of hydrogen-bond donors (Lipinski definition) is 1. The van der Waals surface area contributed by atoms with Crippen molar-refractivity contribution in [2.45, 2.75) is 27.3 Å². The Morgan fingerprint density at radius 2 is 1.73 bits per heavy atom. The summed E-state index contributed by atoms with van der Waals surface area (Å²) in [4.78, 5) is 28.4. The molecule has 0 unspecified atom stereocenters. The van der Waals surface area contributed by atoms with Crippen molar-refractivity contribution in [3.63, 3.8) is 0 Å². The highest BCUT2D eigenvalue weighted by molar-refractivity contribution is 5.91. The van der Waals surface area contributed by atoms with Crippen molar-refractivity contribution in [3.05, 3.63) is 75.8 Å². The molecule has 0 aliphatic heterocycles. The Labute approximate surface area is 151 Å². The van der Waals surface area contributed by atoms with Crippen LogP contribution in [0.2, 0.25) is 0 Å². The van der Waals surface area contributed by atoms with Gasteiger partial charge in [-0.3, -0.25) is 4.79 Å². The lowest BCUT2D eigenvalue weighted by atomic mass is 10.1. The van der Waals surface area contributed by atoms with E-state index in [1.54, 1.807) is 0 Å². The summed E-state index contributed by atoms with van der Waals surface area (Å²) in [5.41, 5.74) is 4.67. The minimum absolute atomic E-state index is 0.187. The number of anilines is 1. The number of amides is 1. The second-order valence-corrected chi connectivity index (χ2v) is 6.31. The van der Waals surface area contributed by atoms with Crippen molar-refractivity contribution in [1.29, 1.82) is 0 Å². The largest absolute Gasteiger partial charge is 0.365 e. The summed E-state index contributed by atoms with van der Waals surface area (Å²) < 4.78 is 1.05. The van der Waals surface area contributed by atoms with Crippen LogP contribution in [0, 0.1) is 20.8 Å². The fraction of sp³-hybridized carbons (Fsp3) is 0.200. The average molecular weight is 348 g/mol. The number of aryl methyl sites for hydroxylation is 3. The molecule has 0 saturated carbocycles. The Morgan fingerprint density at radius 1 is 1.04 bits per heavy atom. The first kappa shape index (κ1) is 17.5. The van der Waals surface area contributed by atoms with Gasteiger partial charge in [-0.1, -0.05) is 47.5 Å². The number of aromatic nitrogens is 3. The third-order valence-corrected chi connectivity index (χ3v) is 4.05. The SMILES string of the molecule is Cc1ccc(-c2cnn(CC(=O)Nc3ccc(C)cc3C)c(=O)n2)cc1. The van der Waals surface area contributed by atoms with Crippen LogP contribution in [0.1, 0.15) is 16.7 Å². The molecule has 6 heteroatoms. The molecule has 0 fully saturated rings. The summed E-state index contributed by atoms with van der Waals surface area (Å²) in [5.74, 6) is -0.323. The Bertz CT molecular complexity index is 1010. The molecule has 0 bridgehead atoms. The van der Waals surface area contributed by atoms with Crippen LogP contribution >= 0.6 is 0 Å². The van der Waals surface area contributed by atoms with Crippen molar-refractivity contribution >= 4 is 11.6 Å². The molecule has 0 atom stereocenters. The van der Waals surface area contributed by atoms with E-state index in [1.165, 1.54) is 6.20 Å². The van der Waals surface area contributed by atoms with Gasteiger partial charge in [0.1, 0.15) is 6.54 Å². The third kappa shape index (κ3) is 4.03. The highest BCUT2D eigenvalue weighted by Crippen LogP contribution is 2.16. The van der Waals surface area contributed by atoms with Crippen molar-refractivity contribution in [1.82, 2.24) is 14.8 Å². The van der Waals surface area contributed by atoms with E-state index < -0.39 is 5.69 Å². The minimum atomic E-state index is -0.557. The maximum Gasteiger partial charge on any atom is 0.365 e. The first-order valence-corrected chi connectivity index (χ1v) is 8.31. The van der Waals surface area contributed by atoms with Crippen molar-refractivity contribution < 1.29 is 4.79 Å². The topological polar surface area (TPSA) is 76.9 Å². The van der Waals surface area contributed by atoms with Crippen molar-refractivity contribution in [2.75, 3.05) is 5.32 Å². The predicted molar refractivity (Wildman–Crippen MR) is 101 cm³/mol. The molecule has 2 aromatic carbocycles. The summed E-state index contributed by atoms with van der Waals surface area (Å²) in [6.07, 6.45) is 1.50. The second kappa shape index (κ2) is 7.31. The fourth-order valence-electron chi connectivity index (χ4n) is 2.61. The number of hydrogen-bond acceptors (Lipinski definition) is 4. The first-order chi connectivity index (χ1) is 12.4. The van der Waals surface area contributed by atoms with E-state index in [0.29, 0.717) is 5.69 Å². The standard InChI is InChI=1S/C20H20N4O2/c1-13-4-7-16(8-5-13)18-11-21-24(20(26)23-18)12-19(25)22-17-9-6-14(2)10-15(17)3/h4-11H,12H2,1-3H3,(H,22,25). The van der Waals surface area contributed by atoms with Crippen LogP contribution in [0.4, 0.5) is 5.69 Å². The van der Waals surface area contributed by atoms with Gasteiger partial charge in [0.2, 0.25) is 5.91 Å². The number of benzene rings is 2. The van der Waals surface area contributed by atoms with Crippen LogP contribution < -0.4 is 11.0 Å². The number of carbonyl (C=O) groups excluding carboxylic acids is 1. The van der Waals surface area contributed by atoms with E-state index in [9.17, 15) is 9.59 Å². The Hall–Kier alpha value is -3.28. The predicted octanol–water partition coefficient (Wildman–Crippen LogP) is 2.87. The van der Waals surface area contributed by atoms with Gasteiger partial charge in [0.15, 0.2) is 0 Å². The molecule has 1 heterocycles. The molecule has 1 amide bonds. The summed E-state index contributed by atoms with van der Waals surface area (Å²) in [7, 11) is 0. The van der Waals surface area contributed by atoms with E-state index in [-0.39, 0.29) is 12.5 Å².